The number of nitrogens with zero attached hydrogens (tertiary/aromatic N) is 4. The van der Waals surface area contributed by atoms with Gasteiger partial charge in [0.2, 0.25) is 0 Å². The minimum atomic E-state index is 0.328. The van der Waals surface area contributed by atoms with Gasteiger partial charge in [-0.2, -0.15) is 0 Å². The number of likely N-dealkylation sites (N-methyl/N-ethyl adjacent to an activating group) is 1. The van der Waals surface area contributed by atoms with Crippen molar-refractivity contribution in [1.29, 1.82) is 0 Å². The fraction of sp³-hybridized carbons (Fsp3) is 0.778. The van der Waals surface area contributed by atoms with E-state index in [2.05, 4.69) is 28.0 Å². The van der Waals surface area contributed by atoms with E-state index in [-0.39, 0.29) is 0 Å². The molecule has 0 aromatic rings. The van der Waals surface area contributed by atoms with Gasteiger partial charge in [-0.05, 0) is 19.0 Å². The lowest BCUT2D eigenvalue weighted by molar-refractivity contribution is 0.111. The van der Waals surface area contributed by atoms with Gasteiger partial charge in [0.15, 0.2) is 0 Å². The summed E-state index contributed by atoms with van der Waals surface area (Å²) in [5.74, 6) is 0. The lowest BCUT2D eigenvalue weighted by Gasteiger charge is -2.13. The summed E-state index contributed by atoms with van der Waals surface area (Å²) in [7, 11) is 3.81. The van der Waals surface area contributed by atoms with Gasteiger partial charge in [-0.1, -0.05) is 17.3 Å². The Bertz CT molecular complexity index is 247. The fourth-order valence-electron chi connectivity index (χ4n) is 1.68. The monoisotopic (exact) mass is 196 g/mol. The second-order valence-electron chi connectivity index (χ2n) is 3.44. The van der Waals surface area contributed by atoms with Crippen LogP contribution < -0.4 is 0 Å². The number of ether oxygens (including phenoxy) is 1. The highest BCUT2D eigenvalue weighted by atomic mass is 16.5. The normalized spacial score (nSPS) is 28.1. The predicted octanol–water partition coefficient (Wildman–Crippen LogP) is 1.57. The van der Waals surface area contributed by atoms with Crippen LogP contribution >= 0.6 is 0 Å². The highest BCUT2D eigenvalue weighted by molar-refractivity contribution is 5.00. The summed E-state index contributed by atoms with van der Waals surface area (Å²) in [6.07, 6.45) is 5.32. The van der Waals surface area contributed by atoms with Crippen LogP contribution in [0.15, 0.2) is 17.3 Å². The molecule has 1 saturated heterocycles. The van der Waals surface area contributed by atoms with Crippen LogP contribution in [0.3, 0.4) is 0 Å². The third kappa shape index (κ3) is 3.03. The molecule has 0 aromatic carbocycles. The molecule has 14 heavy (non-hydrogen) atoms. The summed E-state index contributed by atoms with van der Waals surface area (Å²) in [5, 5.41) is 3.44. The molecule has 1 aliphatic heterocycles. The third-order valence-corrected chi connectivity index (χ3v) is 2.50. The lowest BCUT2D eigenvalue weighted by atomic mass is 10.2. The molecule has 0 bridgehead atoms. The van der Waals surface area contributed by atoms with Crippen molar-refractivity contribution in [3.8, 4) is 0 Å². The van der Waals surface area contributed by atoms with Gasteiger partial charge >= 0.3 is 0 Å². The minimum Gasteiger partial charge on any atom is -0.380 e. The van der Waals surface area contributed by atoms with Crippen LogP contribution in [0, 0.1) is 0 Å². The second kappa shape index (κ2) is 5.65. The zero-order valence-corrected chi connectivity index (χ0v) is 8.63. The van der Waals surface area contributed by atoms with Crippen LogP contribution in [0.25, 0.3) is 10.4 Å². The molecule has 5 heteroatoms. The van der Waals surface area contributed by atoms with E-state index in [4.69, 9.17) is 10.3 Å². The Morgan fingerprint density at radius 2 is 2.50 bits per heavy atom. The van der Waals surface area contributed by atoms with E-state index >= 15 is 0 Å². The Morgan fingerprint density at radius 3 is 3.07 bits per heavy atom. The molecule has 1 aliphatic rings. The van der Waals surface area contributed by atoms with Crippen molar-refractivity contribution in [2.45, 2.75) is 18.6 Å². The molecular weight excluding hydrogens is 180 g/mol. The summed E-state index contributed by atoms with van der Waals surface area (Å²) < 4.78 is 5.28. The van der Waals surface area contributed by atoms with Crippen molar-refractivity contribution < 1.29 is 4.74 Å². The molecular formula is C9H16N4O. The van der Waals surface area contributed by atoms with Crippen LogP contribution in [0.5, 0.6) is 0 Å². The molecule has 1 fully saturated rings. The topological polar surface area (TPSA) is 61.2 Å². The quantitative estimate of drug-likeness (QED) is 0.296. The van der Waals surface area contributed by atoms with Crippen molar-refractivity contribution in [3.63, 3.8) is 0 Å². The van der Waals surface area contributed by atoms with Gasteiger partial charge in [0.25, 0.3) is 0 Å². The summed E-state index contributed by atoms with van der Waals surface area (Å²) in [6, 6.07) is 0.411. The number of methoxy groups -OCH3 is 1. The summed E-state index contributed by atoms with van der Waals surface area (Å²) >= 11 is 0. The molecule has 78 valence electrons. The highest BCUT2D eigenvalue weighted by Gasteiger charge is 2.26. The van der Waals surface area contributed by atoms with Gasteiger partial charge in [-0.25, -0.2) is 0 Å². The molecule has 1 heterocycles. The number of hydrogen-bond donors (Lipinski definition) is 0. The molecule has 0 aromatic heterocycles. The summed E-state index contributed by atoms with van der Waals surface area (Å²) in [5.41, 5.74) is 8.08. The van der Waals surface area contributed by atoms with Crippen molar-refractivity contribution in [2.75, 3.05) is 27.2 Å². The Balaban J connectivity index is 2.37. The van der Waals surface area contributed by atoms with Crippen LogP contribution in [-0.2, 0) is 4.74 Å². The third-order valence-electron chi connectivity index (χ3n) is 2.50. The van der Waals surface area contributed by atoms with Crippen LogP contribution in [0.1, 0.15) is 6.42 Å². The van der Waals surface area contributed by atoms with Crippen LogP contribution in [0.4, 0.5) is 0 Å². The van der Waals surface area contributed by atoms with E-state index in [9.17, 15) is 0 Å². The molecule has 5 nitrogen and oxygen atoms in total. The number of azide groups is 1. The van der Waals surface area contributed by atoms with E-state index in [1.165, 1.54) is 0 Å². The first-order chi connectivity index (χ1) is 6.77. The maximum atomic E-state index is 8.08. The Morgan fingerprint density at radius 1 is 1.71 bits per heavy atom. The van der Waals surface area contributed by atoms with Crippen molar-refractivity contribution in [2.24, 2.45) is 5.11 Å². The van der Waals surface area contributed by atoms with Gasteiger partial charge in [-0.3, -0.25) is 4.90 Å². The van der Waals surface area contributed by atoms with Gasteiger partial charge in [0, 0.05) is 31.2 Å². The minimum absolute atomic E-state index is 0.328. The van der Waals surface area contributed by atoms with Crippen LogP contribution in [0.2, 0.25) is 0 Å². The van der Waals surface area contributed by atoms with Gasteiger partial charge in [-0.15, -0.1) is 0 Å². The van der Waals surface area contributed by atoms with Crippen LogP contribution in [-0.4, -0.2) is 44.3 Å². The van der Waals surface area contributed by atoms with Crippen molar-refractivity contribution in [1.82, 2.24) is 4.90 Å². The molecule has 0 saturated carbocycles. The van der Waals surface area contributed by atoms with E-state index in [0.29, 0.717) is 18.7 Å². The Kier molecular flexibility index (Phi) is 4.46. The molecule has 0 radical (unpaired) electrons. The second-order valence-corrected chi connectivity index (χ2v) is 3.44. The average molecular weight is 196 g/mol. The van der Waals surface area contributed by atoms with Gasteiger partial charge < -0.3 is 4.74 Å². The molecule has 1 rings (SSSR count). The summed E-state index contributed by atoms with van der Waals surface area (Å²) in [4.78, 5) is 4.92. The first kappa shape index (κ1) is 11.0. The van der Waals surface area contributed by atoms with E-state index < -0.39 is 0 Å². The number of likely N-dealkylation sites (tertiary alicyclic amines) is 1. The van der Waals surface area contributed by atoms with E-state index in [1.807, 2.05) is 6.08 Å². The first-order valence-electron chi connectivity index (χ1n) is 4.68. The Hall–Kier alpha value is -1.03. The van der Waals surface area contributed by atoms with Gasteiger partial charge in [0.05, 0.1) is 6.10 Å². The maximum Gasteiger partial charge on any atom is 0.0716 e. The molecule has 2 atom stereocenters. The number of hydrogen-bond acceptors (Lipinski definition) is 3. The molecule has 1 unspecified atom stereocenters. The smallest absolute Gasteiger partial charge is 0.0716 e. The van der Waals surface area contributed by atoms with Crippen molar-refractivity contribution in [3.05, 3.63) is 22.6 Å². The highest BCUT2D eigenvalue weighted by Crippen LogP contribution is 2.18. The molecule has 0 spiro atoms. The number of rotatable bonds is 4. The van der Waals surface area contributed by atoms with Crippen molar-refractivity contribution >= 4 is 0 Å². The first-order valence-corrected chi connectivity index (χ1v) is 4.68. The van der Waals surface area contributed by atoms with Gasteiger partial charge in [0.1, 0.15) is 0 Å². The lowest BCUT2D eigenvalue weighted by Crippen LogP contribution is -2.23. The molecule has 0 N–H and O–H groups in total. The average Bonchev–Trinajstić information content (AvgIpc) is 2.54. The van der Waals surface area contributed by atoms with E-state index in [1.54, 1.807) is 7.11 Å². The zero-order valence-electron chi connectivity index (χ0n) is 8.63. The fourth-order valence-corrected chi connectivity index (χ4v) is 1.68. The SMILES string of the molecule is COC1C[C@@H](C=CCN=[N+]=[N-])N(C)C1. The summed E-state index contributed by atoms with van der Waals surface area (Å²) in [6.45, 7) is 1.39. The maximum absolute atomic E-state index is 8.08. The molecule has 0 aliphatic carbocycles. The standard InChI is InChI=1S/C9H16N4O/c1-13-7-9(14-2)6-8(13)4-3-5-11-12-10/h3-4,8-9H,5-7H2,1-2H3/t8-,9?/m1/s1. The van der Waals surface area contributed by atoms with E-state index in [0.717, 1.165) is 13.0 Å². The Labute approximate surface area is 84.0 Å². The molecule has 0 amide bonds. The zero-order chi connectivity index (χ0) is 10.4. The predicted molar refractivity (Wildman–Crippen MR) is 55.0 cm³/mol. The largest absolute Gasteiger partial charge is 0.380 e.